The van der Waals surface area contributed by atoms with Gasteiger partial charge < -0.3 is 9.47 Å². The largest absolute Gasteiger partial charge is 0.321 e. The molecule has 2 heterocycles. The van der Waals surface area contributed by atoms with Crippen LogP contribution >= 0.6 is 0 Å². The third kappa shape index (κ3) is 3.11. The van der Waals surface area contributed by atoms with Gasteiger partial charge in [0.1, 0.15) is 6.17 Å². The third-order valence-corrected chi connectivity index (χ3v) is 5.82. The highest BCUT2D eigenvalue weighted by Gasteiger charge is 2.46. The summed E-state index contributed by atoms with van der Waals surface area (Å²) < 4.78 is 2.23. The lowest BCUT2D eigenvalue weighted by Crippen LogP contribution is -2.50. The highest BCUT2D eigenvalue weighted by atomic mass is 15.5. The molecule has 0 saturated carbocycles. The van der Waals surface area contributed by atoms with Crippen LogP contribution in [-0.4, -0.2) is 15.7 Å². The smallest absolute Gasteiger partial charge is 0.212 e. The van der Waals surface area contributed by atoms with E-state index in [0.29, 0.717) is 5.92 Å². The van der Waals surface area contributed by atoms with E-state index in [1.807, 2.05) is 0 Å². The van der Waals surface area contributed by atoms with E-state index in [2.05, 4.69) is 118 Å². The molecule has 1 aliphatic rings. The summed E-state index contributed by atoms with van der Waals surface area (Å²) in [5.74, 6) is 1.40. The number of benzene rings is 2. The van der Waals surface area contributed by atoms with Crippen LogP contribution in [0.25, 0.3) is 11.0 Å². The molecule has 2 aromatic carbocycles. The Balaban J connectivity index is 1.97. The molecule has 4 rings (SSSR count). The number of fused-ring (bicyclic) bond motifs is 1. The van der Waals surface area contributed by atoms with E-state index in [4.69, 9.17) is 4.98 Å². The number of aromatic nitrogens is 2. The van der Waals surface area contributed by atoms with E-state index in [1.54, 1.807) is 0 Å². The number of anilines is 2. The Labute approximate surface area is 174 Å². The molecule has 4 heteroatoms. The first kappa shape index (κ1) is 19.6. The Morgan fingerprint density at radius 3 is 2.10 bits per heavy atom. The zero-order valence-electron chi connectivity index (χ0n) is 18.6. The van der Waals surface area contributed by atoms with Crippen LogP contribution in [0.1, 0.15) is 41.5 Å². The molecule has 152 valence electrons. The number of hydrogen-bond donors (Lipinski definition) is 0. The van der Waals surface area contributed by atoms with Gasteiger partial charge in [-0.05, 0) is 37.1 Å². The second-order valence-corrected chi connectivity index (χ2v) is 9.40. The topological polar surface area (TPSA) is 24.3 Å². The van der Waals surface area contributed by atoms with Crippen molar-refractivity contribution in [1.82, 2.24) is 9.55 Å². The molecule has 0 spiro atoms. The van der Waals surface area contributed by atoms with Crippen LogP contribution in [0.2, 0.25) is 0 Å². The van der Waals surface area contributed by atoms with E-state index in [-0.39, 0.29) is 11.6 Å². The molecule has 0 radical (unpaired) electrons. The molecule has 1 unspecified atom stereocenters. The molecule has 3 aromatic rings. The molecular formula is C25H32N4. The van der Waals surface area contributed by atoms with Gasteiger partial charge in [-0.15, -0.1) is 0 Å². The minimum atomic E-state index is 0.00583. The Hall–Kier alpha value is -2.75. The van der Waals surface area contributed by atoms with Gasteiger partial charge in [-0.25, -0.2) is 4.98 Å². The van der Waals surface area contributed by atoms with E-state index in [9.17, 15) is 0 Å². The second-order valence-electron chi connectivity index (χ2n) is 9.40. The summed E-state index contributed by atoms with van der Waals surface area (Å²) in [6.45, 7) is 13.8. The number of hydrogen-bond acceptors (Lipinski definition) is 3. The number of para-hydroxylation sites is 3. The number of imidazole rings is 1. The first-order valence-electron chi connectivity index (χ1n) is 10.5. The van der Waals surface area contributed by atoms with Crippen molar-refractivity contribution >= 4 is 22.7 Å². The summed E-state index contributed by atoms with van der Waals surface area (Å²) in [5, 5.41) is 0. The van der Waals surface area contributed by atoms with Crippen molar-refractivity contribution in [3.8, 4) is 0 Å². The second kappa shape index (κ2) is 6.94. The first-order chi connectivity index (χ1) is 13.7. The third-order valence-electron chi connectivity index (χ3n) is 5.82. The molecule has 0 N–H and O–H groups in total. The highest BCUT2D eigenvalue weighted by Crippen LogP contribution is 2.46. The maximum absolute atomic E-state index is 5.06. The summed E-state index contributed by atoms with van der Waals surface area (Å²) in [6, 6.07) is 19.1. The molecule has 0 saturated heterocycles. The maximum Gasteiger partial charge on any atom is 0.212 e. The minimum absolute atomic E-state index is 0.00583. The summed E-state index contributed by atoms with van der Waals surface area (Å²) in [6.07, 6.45) is 0.137. The van der Waals surface area contributed by atoms with Crippen molar-refractivity contribution in [3.63, 3.8) is 0 Å². The Morgan fingerprint density at radius 2 is 1.52 bits per heavy atom. The lowest BCUT2D eigenvalue weighted by Gasteiger charge is -2.42. The van der Waals surface area contributed by atoms with Crippen LogP contribution in [-0.2, 0) is 7.05 Å². The van der Waals surface area contributed by atoms with Gasteiger partial charge in [0.25, 0.3) is 0 Å². The van der Waals surface area contributed by atoms with Crippen LogP contribution in [0, 0.1) is 11.3 Å². The molecular weight excluding hydrogens is 356 g/mol. The van der Waals surface area contributed by atoms with Gasteiger partial charge in [0.05, 0.1) is 11.0 Å². The van der Waals surface area contributed by atoms with Crippen LogP contribution in [0.4, 0.5) is 11.6 Å². The van der Waals surface area contributed by atoms with Crippen molar-refractivity contribution in [2.24, 2.45) is 18.4 Å². The Morgan fingerprint density at radius 1 is 0.897 bits per heavy atom. The van der Waals surface area contributed by atoms with Crippen LogP contribution in [0.5, 0.6) is 0 Å². The lowest BCUT2D eigenvalue weighted by atomic mass is 9.90. The Kier molecular flexibility index (Phi) is 4.68. The van der Waals surface area contributed by atoms with E-state index in [0.717, 1.165) is 17.0 Å². The fraction of sp³-hybridized carbons (Fsp3) is 0.400. The zero-order valence-corrected chi connectivity index (χ0v) is 18.6. The standard InChI is InChI=1S/C25H32N4/c1-17(2)22-18(3)28(24-26-20-15-11-12-16-21(20)27(24)7)23(25(4,5)6)29(22)19-13-9-8-10-14-19/h8-17,23H,1-7H3. The average molecular weight is 389 g/mol. The molecule has 1 aliphatic heterocycles. The number of rotatable bonds is 3. The van der Waals surface area contributed by atoms with Crippen LogP contribution < -0.4 is 9.80 Å². The fourth-order valence-electron chi connectivity index (χ4n) is 4.68. The summed E-state index contributed by atoms with van der Waals surface area (Å²) in [4.78, 5) is 10.0. The van der Waals surface area contributed by atoms with Crippen LogP contribution in [0.3, 0.4) is 0 Å². The van der Waals surface area contributed by atoms with Crippen molar-refractivity contribution in [1.29, 1.82) is 0 Å². The van der Waals surface area contributed by atoms with Crippen molar-refractivity contribution in [2.75, 3.05) is 9.80 Å². The van der Waals surface area contributed by atoms with E-state index in [1.165, 1.54) is 17.1 Å². The molecule has 1 aromatic heterocycles. The van der Waals surface area contributed by atoms with Gasteiger partial charge in [-0.2, -0.15) is 0 Å². The monoisotopic (exact) mass is 388 g/mol. The summed E-state index contributed by atoms with van der Waals surface area (Å²) in [7, 11) is 2.12. The summed E-state index contributed by atoms with van der Waals surface area (Å²) >= 11 is 0. The Bertz CT molecular complexity index is 1050. The van der Waals surface area contributed by atoms with Gasteiger partial charge in [0, 0.05) is 29.5 Å². The quantitative estimate of drug-likeness (QED) is 0.537. The zero-order chi connectivity index (χ0) is 20.9. The van der Waals surface area contributed by atoms with Crippen molar-refractivity contribution in [2.45, 2.75) is 47.7 Å². The van der Waals surface area contributed by atoms with Gasteiger partial charge in [0.15, 0.2) is 0 Å². The normalized spacial score (nSPS) is 17.9. The lowest BCUT2D eigenvalue weighted by molar-refractivity contribution is 0.318. The predicted octanol–water partition coefficient (Wildman–Crippen LogP) is 6.16. The molecule has 0 fully saturated rings. The van der Waals surface area contributed by atoms with Gasteiger partial charge in [-0.3, -0.25) is 4.90 Å². The minimum Gasteiger partial charge on any atom is -0.321 e. The molecule has 4 nitrogen and oxygen atoms in total. The number of allylic oxidation sites excluding steroid dienone is 2. The SMILES string of the molecule is CC1=C(C(C)C)N(c2ccccc2)C(C(C)(C)C)N1c1nc2ccccc2n1C. The molecule has 0 bridgehead atoms. The predicted molar refractivity (Wildman–Crippen MR) is 123 cm³/mol. The number of aryl methyl sites for hydroxylation is 1. The molecule has 0 amide bonds. The average Bonchev–Trinajstić information content (AvgIpc) is 3.17. The maximum atomic E-state index is 5.06. The van der Waals surface area contributed by atoms with Crippen molar-refractivity contribution in [3.05, 3.63) is 66.0 Å². The molecule has 0 aliphatic carbocycles. The van der Waals surface area contributed by atoms with Gasteiger partial charge >= 0.3 is 0 Å². The molecule has 29 heavy (non-hydrogen) atoms. The first-order valence-corrected chi connectivity index (χ1v) is 10.5. The number of nitrogens with zero attached hydrogens (tertiary/aromatic N) is 4. The van der Waals surface area contributed by atoms with Crippen LogP contribution in [0.15, 0.2) is 66.0 Å². The van der Waals surface area contributed by atoms with Gasteiger partial charge in [0.2, 0.25) is 5.95 Å². The molecule has 1 atom stereocenters. The van der Waals surface area contributed by atoms with E-state index >= 15 is 0 Å². The van der Waals surface area contributed by atoms with Crippen molar-refractivity contribution < 1.29 is 0 Å². The fourth-order valence-corrected chi connectivity index (χ4v) is 4.68. The van der Waals surface area contributed by atoms with E-state index < -0.39 is 0 Å². The summed E-state index contributed by atoms with van der Waals surface area (Å²) in [5.41, 5.74) is 6.08. The van der Waals surface area contributed by atoms with Gasteiger partial charge in [-0.1, -0.05) is 65.0 Å². The highest BCUT2D eigenvalue weighted by molar-refractivity contribution is 5.80.